The van der Waals surface area contributed by atoms with Crippen LogP contribution >= 0.6 is 0 Å². The molecule has 0 aromatic carbocycles. The predicted molar refractivity (Wildman–Crippen MR) is 90.0 cm³/mol. The largest absolute Gasteiger partial charge is 0.330 e. The van der Waals surface area contributed by atoms with Gasteiger partial charge in [0.25, 0.3) is 11.5 Å². The van der Waals surface area contributed by atoms with E-state index < -0.39 is 0 Å². The van der Waals surface area contributed by atoms with E-state index in [9.17, 15) is 9.59 Å². The predicted octanol–water partition coefficient (Wildman–Crippen LogP) is 2.26. The van der Waals surface area contributed by atoms with Gasteiger partial charge in [-0.05, 0) is 62.6 Å². The van der Waals surface area contributed by atoms with E-state index in [1.165, 1.54) is 0 Å². The second-order valence-electron chi connectivity index (χ2n) is 6.85. The number of aryl methyl sites for hydroxylation is 3. The van der Waals surface area contributed by atoms with Crippen LogP contribution in [0.3, 0.4) is 0 Å². The Hall–Kier alpha value is -2.37. The number of amides is 1. The monoisotopic (exact) mass is 326 g/mol. The molecule has 0 spiro atoms. The molecule has 3 heterocycles. The van der Waals surface area contributed by atoms with Gasteiger partial charge in [0.15, 0.2) is 0 Å². The maximum Gasteiger partial charge on any atom is 0.261 e. The molecule has 2 aromatic heterocycles. The van der Waals surface area contributed by atoms with Crippen LogP contribution in [0, 0.1) is 6.92 Å². The van der Waals surface area contributed by atoms with E-state index in [-0.39, 0.29) is 23.1 Å². The number of rotatable bonds is 2. The van der Waals surface area contributed by atoms with Crippen LogP contribution in [-0.2, 0) is 12.8 Å². The number of hydrogen-bond acceptors (Lipinski definition) is 3. The number of aromatic nitrogens is 3. The summed E-state index contributed by atoms with van der Waals surface area (Å²) in [6.07, 6.45) is 7.62. The van der Waals surface area contributed by atoms with E-state index >= 15 is 0 Å². The Kier molecular flexibility index (Phi) is 3.75. The minimum absolute atomic E-state index is 0.0265. The quantitative estimate of drug-likeness (QED) is 0.888. The molecule has 2 N–H and O–H groups in total. The van der Waals surface area contributed by atoms with Gasteiger partial charge in [0.2, 0.25) is 0 Å². The van der Waals surface area contributed by atoms with Gasteiger partial charge in [-0.25, -0.2) is 0 Å². The van der Waals surface area contributed by atoms with Gasteiger partial charge in [-0.1, -0.05) is 0 Å². The van der Waals surface area contributed by atoms with Crippen molar-refractivity contribution in [1.82, 2.24) is 20.1 Å². The first-order valence-corrected chi connectivity index (χ1v) is 8.71. The molecule has 1 unspecified atom stereocenters. The Morgan fingerprint density at radius 1 is 1.29 bits per heavy atom. The van der Waals surface area contributed by atoms with Gasteiger partial charge in [0.1, 0.15) is 5.56 Å². The van der Waals surface area contributed by atoms with Crippen molar-refractivity contribution in [2.45, 2.75) is 51.5 Å². The van der Waals surface area contributed by atoms with Gasteiger partial charge < -0.3 is 9.88 Å². The minimum Gasteiger partial charge on any atom is -0.330 e. The summed E-state index contributed by atoms with van der Waals surface area (Å²) >= 11 is 0. The number of carbonyl (C=O) groups excluding carboxylic acids is 1. The normalized spacial score (nSPS) is 20.2. The highest BCUT2D eigenvalue weighted by Crippen LogP contribution is 2.32. The Balaban J connectivity index is 1.70. The summed E-state index contributed by atoms with van der Waals surface area (Å²) < 4.78 is 0. The van der Waals surface area contributed by atoms with Crippen LogP contribution in [-0.4, -0.2) is 32.5 Å². The van der Waals surface area contributed by atoms with Crippen LogP contribution in [0.4, 0.5) is 0 Å². The molecule has 1 amide bonds. The first-order chi connectivity index (χ1) is 11.6. The van der Waals surface area contributed by atoms with Crippen LogP contribution in [0.2, 0.25) is 0 Å². The zero-order chi connectivity index (χ0) is 16.7. The molecule has 6 heteroatoms. The van der Waals surface area contributed by atoms with Crippen LogP contribution < -0.4 is 5.56 Å². The second-order valence-corrected chi connectivity index (χ2v) is 6.85. The van der Waals surface area contributed by atoms with Crippen molar-refractivity contribution in [3.8, 4) is 0 Å². The summed E-state index contributed by atoms with van der Waals surface area (Å²) in [5, 5.41) is 7.14. The molecule has 0 radical (unpaired) electrons. The SMILES string of the molecule is Cc1cn[nH]c1C1CCCCN1C(=O)c1cc2c([nH]c1=O)CCC2. The van der Waals surface area contributed by atoms with E-state index in [1.54, 1.807) is 6.20 Å². The third-order valence-corrected chi connectivity index (χ3v) is 5.28. The summed E-state index contributed by atoms with van der Waals surface area (Å²) in [5.74, 6) is -0.162. The number of H-pyrrole nitrogens is 2. The van der Waals surface area contributed by atoms with Gasteiger partial charge in [0, 0.05) is 12.2 Å². The smallest absolute Gasteiger partial charge is 0.261 e. The third kappa shape index (κ3) is 2.46. The molecule has 0 bridgehead atoms. The van der Waals surface area contributed by atoms with Crippen LogP contribution in [0.1, 0.15) is 64.6 Å². The number of carbonyl (C=O) groups is 1. The molecule has 1 aliphatic heterocycles. The fourth-order valence-electron chi connectivity index (χ4n) is 4.00. The van der Waals surface area contributed by atoms with Crippen LogP contribution in [0.25, 0.3) is 0 Å². The van der Waals surface area contributed by atoms with Gasteiger partial charge in [-0.2, -0.15) is 5.10 Å². The molecule has 4 rings (SSSR count). The highest BCUT2D eigenvalue weighted by Gasteiger charge is 2.32. The molecule has 126 valence electrons. The number of piperidine rings is 1. The maximum absolute atomic E-state index is 13.1. The number of nitrogens with one attached hydrogen (secondary N) is 2. The van der Waals surface area contributed by atoms with Crippen molar-refractivity contribution in [3.05, 3.63) is 50.7 Å². The number of nitrogens with zero attached hydrogens (tertiary/aromatic N) is 2. The average Bonchev–Trinajstić information content (AvgIpc) is 3.21. The van der Waals surface area contributed by atoms with Gasteiger partial charge in [0.05, 0.1) is 17.9 Å². The standard InChI is InChI=1S/C18H22N4O2/c1-11-10-19-21-16(11)15-7-2-3-8-22(15)18(24)13-9-12-5-4-6-14(12)20-17(13)23/h9-10,15H,2-8H2,1H3,(H,19,21)(H,20,23). The molecule has 0 saturated carbocycles. The maximum atomic E-state index is 13.1. The summed E-state index contributed by atoms with van der Waals surface area (Å²) in [6.45, 7) is 2.68. The van der Waals surface area contributed by atoms with Gasteiger partial charge in [-0.3, -0.25) is 14.7 Å². The second kappa shape index (κ2) is 5.92. The molecule has 2 aromatic rings. The van der Waals surface area contributed by atoms with E-state index in [4.69, 9.17) is 0 Å². The van der Waals surface area contributed by atoms with Crippen molar-refractivity contribution >= 4 is 5.91 Å². The molecule has 2 aliphatic rings. The first-order valence-electron chi connectivity index (χ1n) is 8.71. The number of pyridine rings is 1. The Morgan fingerprint density at radius 2 is 2.17 bits per heavy atom. The zero-order valence-corrected chi connectivity index (χ0v) is 13.9. The van der Waals surface area contributed by atoms with Crippen molar-refractivity contribution in [2.75, 3.05) is 6.54 Å². The van der Waals surface area contributed by atoms with Crippen LogP contribution in [0.15, 0.2) is 17.1 Å². The fourth-order valence-corrected chi connectivity index (χ4v) is 4.00. The molecule has 6 nitrogen and oxygen atoms in total. The lowest BCUT2D eigenvalue weighted by Crippen LogP contribution is -2.41. The summed E-state index contributed by atoms with van der Waals surface area (Å²) in [7, 11) is 0. The summed E-state index contributed by atoms with van der Waals surface area (Å²) in [6, 6.07) is 1.79. The van der Waals surface area contributed by atoms with Crippen molar-refractivity contribution in [3.63, 3.8) is 0 Å². The topological polar surface area (TPSA) is 81.8 Å². The molecule has 24 heavy (non-hydrogen) atoms. The molecule has 1 fully saturated rings. The molecular weight excluding hydrogens is 304 g/mol. The number of hydrogen-bond donors (Lipinski definition) is 2. The summed E-state index contributed by atoms with van der Waals surface area (Å²) in [5.41, 5.74) is 4.18. The number of fused-ring (bicyclic) bond motifs is 1. The van der Waals surface area contributed by atoms with E-state index in [0.29, 0.717) is 6.54 Å². The van der Waals surface area contributed by atoms with Gasteiger partial charge >= 0.3 is 0 Å². The third-order valence-electron chi connectivity index (χ3n) is 5.28. The number of likely N-dealkylation sites (tertiary alicyclic amines) is 1. The molecule has 1 saturated heterocycles. The molecule has 1 atom stereocenters. The lowest BCUT2D eigenvalue weighted by Gasteiger charge is -2.35. The lowest BCUT2D eigenvalue weighted by molar-refractivity contribution is 0.0603. The van der Waals surface area contributed by atoms with Gasteiger partial charge in [-0.15, -0.1) is 0 Å². The van der Waals surface area contributed by atoms with Crippen molar-refractivity contribution in [2.24, 2.45) is 0 Å². The Morgan fingerprint density at radius 3 is 2.96 bits per heavy atom. The van der Waals surface area contributed by atoms with E-state index in [1.807, 2.05) is 17.9 Å². The molecular formula is C18H22N4O2. The van der Waals surface area contributed by atoms with Crippen LogP contribution in [0.5, 0.6) is 0 Å². The van der Waals surface area contributed by atoms with Crippen molar-refractivity contribution < 1.29 is 4.79 Å². The highest BCUT2D eigenvalue weighted by molar-refractivity contribution is 5.94. The van der Waals surface area contributed by atoms with E-state index in [0.717, 1.165) is 61.0 Å². The Labute approximate surface area is 140 Å². The average molecular weight is 326 g/mol. The van der Waals surface area contributed by atoms with E-state index in [2.05, 4.69) is 15.2 Å². The minimum atomic E-state index is -0.258. The summed E-state index contributed by atoms with van der Waals surface area (Å²) in [4.78, 5) is 30.3. The fraction of sp³-hybridized carbons (Fsp3) is 0.500. The molecule has 1 aliphatic carbocycles. The highest BCUT2D eigenvalue weighted by atomic mass is 16.2. The lowest BCUT2D eigenvalue weighted by atomic mass is 9.96. The number of aromatic amines is 2. The first kappa shape index (κ1) is 15.2. The van der Waals surface area contributed by atoms with Crippen molar-refractivity contribution in [1.29, 1.82) is 0 Å². The Bertz CT molecular complexity index is 836. The zero-order valence-electron chi connectivity index (χ0n) is 13.9.